The van der Waals surface area contributed by atoms with Gasteiger partial charge in [0.25, 0.3) is 0 Å². The first-order valence-electron chi connectivity index (χ1n) is 9.05. The maximum Gasteiger partial charge on any atom is 0.132 e. The van der Waals surface area contributed by atoms with Crippen LogP contribution in [0.3, 0.4) is 0 Å². The van der Waals surface area contributed by atoms with Gasteiger partial charge in [0.2, 0.25) is 0 Å². The van der Waals surface area contributed by atoms with Crippen LogP contribution in [0.2, 0.25) is 0 Å². The number of hydrogen-bond donors (Lipinski definition) is 1. The van der Waals surface area contributed by atoms with Gasteiger partial charge in [0.1, 0.15) is 13.0 Å². The van der Waals surface area contributed by atoms with E-state index in [-0.39, 0.29) is 11.3 Å². The summed E-state index contributed by atoms with van der Waals surface area (Å²) < 4.78 is 14.2. The van der Waals surface area contributed by atoms with E-state index in [9.17, 15) is 9.67 Å². The molecule has 0 bridgehead atoms. The molecule has 1 unspecified atom stereocenters. The summed E-state index contributed by atoms with van der Waals surface area (Å²) in [6, 6.07) is 9.75. The summed E-state index contributed by atoms with van der Waals surface area (Å²) >= 11 is 0. The highest BCUT2D eigenvalue weighted by atomic mass is 31.2. The quantitative estimate of drug-likeness (QED) is 0.722. The molecule has 0 aromatic heterocycles. The average Bonchev–Trinajstić information content (AvgIpc) is 2.62. The zero-order chi connectivity index (χ0) is 15.4. The van der Waals surface area contributed by atoms with E-state index in [0.29, 0.717) is 0 Å². The third kappa shape index (κ3) is 3.19. The molecule has 3 heteroatoms. The fraction of sp³-hybridized carbons (Fsp3) is 0.684. The Kier molecular flexibility index (Phi) is 5.42. The molecule has 2 nitrogen and oxygen atoms in total. The van der Waals surface area contributed by atoms with Gasteiger partial charge in [-0.25, -0.2) is 0 Å². The minimum absolute atomic E-state index is 0.250. The van der Waals surface area contributed by atoms with Gasteiger partial charge in [-0.1, -0.05) is 68.9 Å². The van der Waals surface area contributed by atoms with Gasteiger partial charge in [0.15, 0.2) is 0 Å². The van der Waals surface area contributed by atoms with Crippen LogP contribution in [0.1, 0.15) is 75.6 Å². The fourth-order valence-electron chi connectivity index (χ4n) is 4.52. The summed E-state index contributed by atoms with van der Waals surface area (Å²) in [4.78, 5) is 0. The summed E-state index contributed by atoms with van der Waals surface area (Å²) in [5.74, 6) is -0.750. The number of hydrogen-bond acceptors (Lipinski definition) is 2. The van der Waals surface area contributed by atoms with Crippen LogP contribution in [0.25, 0.3) is 0 Å². The molecule has 2 aliphatic carbocycles. The highest BCUT2D eigenvalue weighted by molar-refractivity contribution is 7.65. The summed E-state index contributed by atoms with van der Waals surface area (Å²) in [5.41, 5.74) is 1.36. The van der Waals surface area contributed by atoms with Gasteiger partial charge in [-0.2, -0.15) is 0 Å². The maximum atomic E-state index is 14.2. The van der Waals surface area contributed by atoms with Crippen molar-refractivity contribution < 1.29 is 9.67 Å². The molecule has 2 fully saturated rings. The number of benzene rings is 1. The lowest BCUT2D eigenvalue weighted by Crippen LogP contribution is -2.27. The van der Waals surface area contributed by atoms with Crippen LogP contribution < -0.4 is 0 Å². The topological polar surface area (TPSA) is 37.3 Å². The molecule has 0 saturated heterocycles. The lowest BCUT2D eigenvalue weighted by Gasteiger charge is -2.40. The van der Waals surface area contributed by atoms with E-state index in [1.807, 2.05) is 30.3 Å². The molecular formula is C19H29O2P. The van der Waals surface area contributed by atoms with E-state index >= 15 is 0 Å². The second kappa shape index (κ2) is 7.32. The smallest absolute Gasteiger partial charge is 0.132 e. The summed E-state index contributed by atoms with van der Waals surface area (Å²) in [7, 11) is -2.63. The standard InChI is InChI=1S/C19H29O2P/c20-19(16-10-4-1-5-11-16)22(21,17-12-6-2-7-13-17)18-14-8-3-9-15-18/h1,4-5,10-11,17-20H,2-3,6-9,12-15H2. The van der Waals surface area contributed by atoms with Crippen LogP contribution in [0, 0.1) is 0 Å². The second-order valence-electron chi connectivity index (χ2n) is 7.13. The number of rotatable bonds is 4. The Morgan fingerprint density at radius 1 is 0.818 bits per heavy atom. The molecule has 0 spiro atoms. The van der Waals surface area contributed by atoms with Crippen LogP contribution >= 0.6 is 7.14 Å². The molecule has 0 amide bonds. The zero-order valence-electron chi connectivity index (χ0n) is 13.5. The van der Waals surface area contributed by atoms with Crippen LogP contribution in [-0.2, 0) is 4.57 Å². The first-order valence-corrected chi connectivity index (χ1v) is 11.0. The predicted molar refractivity (Wildman–Crippen MR) is 92.8 cm³/mol. The fourth-order valence-corrected chi connectivity index (χ4v) is 8.90. The van der Waals surface area contributed by atoms with Crippen molar-refractivity contribution in [3.63, 3.8) is 0 Å². The van der Waals surface area contributed by atoms with E-state index in [4.69, 9.17) is 0 Å². The summed E-state index contributed by atoms with van der Waals surface area (Å²) in [5, 5.41) is 11.1. The molecule has 1 atom stereocenters. The van der Waals surface area contributed by atoms with Gasteiger partial charge in [0, 0.05) is 11.3 Å². The van der Waals surface area contributed by atoms with Gasteiger partial charge < -0.3 is 9.67 Å². The third-order valence-corrected chi connectivity index (χ3v) is 10.1. The third-order valence-electron chi connectivity index (χ3n) is 5.77. The molecule has 0 radical (unpaired) electrons. The molecule has 0 aliphatic heterocycles. The average molecular weight is 320 g/mol. The molecule has 22 heavy (non-hydrogen) atoms. The monoisotopic (exact) mass is 320 g/mol. The first kappa shape index (κ1) is 16.3. The van der Waals surface area contributed by atoms with Gasteiger partial charge in [-0.05, 0) is 31.2 Å². The minimum Gasteiger partial charge on any atom is -0.381 e. The van der Waals surface area contributed by atoms with Gasteiger partial charge >= 0.3 is 0 Å². The van der Waals surface area contributed by atoms with E-state index < -0.39 is 13.0 Å². The predicted octanol–water partition coefficient (Wildman–Crippen LogP) is 5.71. The Morgan fingerprint density at radius 2 is 1.27 bits per heavy atom. The van der Waals surface area contributed by atoms with Crippen molar-refractivity contribution in [2.24, 2.45) is 0 Å². The Hall–Kier alpha value is -0.590. The normalized spacial score (nSPS) is 23.3. The Balaban J connectivity index is 1.92. The second-order valence-corrected chi connectivity index (χ2v) is 10.6. The maximum absolute atomic E-state index is 14.2. The highest BCUT2D eigenvalue weighted by Gasteiger charge is 2.46. The van der Waals surface area contributed by atoms with Gasteiger partial charge in [-0.3, -0.25) is 0 Å². The van der Waals surface area contributed by atoms with E-state index in [0.717, 1.165) is 31.2 Å². The van der Waals surface area contributed by atoms with Crippen LogP contribution in [0.5, 0.6) is 0 Å². The van der Waals surface area contributed by atoms with Crippen molar-refractivity contribution >= 4 is 7.14 Å². The van der Waals surface area contributed by atoms with Gasteiger partial charge in [-0.15, -0.1) is 0 Å². The lowest BCUT2D eigenvalue weighted by atomic mass is 9.99. The highest BCUT2D eigenvalue weighted by Crippen LogP contribution is 2.70. The summed E-state index contributed by atoms with van der Waals surface area (Å²) in [6.07, 6.45) is 11.5. The Morgan fingerprint density at radius 3 is 1.73 bits per heavy atom. The molecule has 0 heterocycles. The zero-order valence-corrected chi connectivity index (χ0v) is 14.4. The minimum atomic E-state index is -2.63. The first-order chi connectivity index (χ1) is 10.7. The molecule has 1 aromatic carbocycles. The van der Waals surface area contributed by atoms with Crippen LogP contribution in [0.4, 0.5) is 0 Å². The molecule has 3 rings (SSSR count). The largest absolute Gasteiger partial charge is 0.381 e. The van der Waals surface area contributed by atoms with Crippen molar-refractivity contribution in [2.45, 2.75) is 81.4 Å². The van der Waals surface area contributed by atoms with Crippen molar-refractivity contribution in [1.29, 1.82) is 0 Å². The number of aliphatic hydroxyl groups excluding tert-OH is 1. The SMILES string of the molecule is O=P(C1CCCCC1)(C1CCCCC1)C(O)c1ccccc1. The number of aliphatic hydroxyl groups is 1. The van der Waals surface area contributed by atoms with Gasteiger partial charge in [0.05, 0.1) is 0 Å². The Bertz CT molecular complexity index is 479. The molecule has 1 N–H and O–H groups in total. The van der Waals surface area contributed by atoms with Crippen molar-refractivity contribution in [2.75, 3.05) is 0 Å². The molecular weight excluding hydrogens is 291 g/mol. The van der Waals surface area contributed by atoms with E-state index in [2.05, 4.69) is 0 Å². The lowest BCUT2D eigenvalue weighted by molar-refractivity contribution is 0.244. The van der Waals surface area contributed by atoms with Crippen molar-refractivity contribution in [3.8, 4) is 0 Å². The van der Waals surface area contributed by atoms with E-state index in [1.165, 1.54) is 38.5 Å². The molecule has 2 aliphatic rings. The van der Waals surface area contributed by atoms with Crippen LogP contribution in [-0.4, -0.2) is 16.4 Å². The van der Waals surface area contributed by atoms with Crippen molar-refractivity contribution in [3.05, 3.63) is 35.9 Å². The van der Waals surface area contributed by atoms with Crippen LogP contribution in [0.15, 0.2) is 30.3 Å². The Labute approximate surface area is 134 Å². The van der Waals surface area contributed by atoms with E-state index in [1.54, 1.807) is 0 Å². The molecule has 1 aromatic rings. The van der Waals surface area contributed by atoms with Crippen molar-refractivity contribution in [1.82, 2.24) is 0 Å². The molecule has 2 saturated carbocycles. The molecule has 122 valence electrons. The summed E-state index contributed by atoms with van der Waals surface area (Å²) in [6.45, 7) is 0.